The number of carbonyl (C=O) groups is 1. The van der Waals surface area contributed by atoms with Gasteiger partial charge in [0.25, 0.3) is 6.43 Å². The minimum Gasteiger partial charge on any atom is -0.383 e. The molecule has 64 valence electrons. The lowest BCUT2D eigenvalue weighted by Gasteiger charge is -2.00. The second-order valence-corrected chi connectivity index (χ2v) is 2.13. The van der Waals surface area contributed by atoms with E-state index >= 15 is 0 Å². The molecule has 1 rings (SSSR count). The molecule has 2 N–H and O–H groups in total. The summed E-state index contributed by atoms with van der Waals surface area (Å²) in [7, 11) is 0. The van der Waals surface area contributed by atoms with Gasteiger partial charge in [-0.3, -0.25) is 4.79 Å². The van der Waals surface area contributed by atoms with Crippen molar-refractivity contribution in [1.82, 2.24) is 4.98 Å². The molecule has 0 aromatic carbocycles. The lowest BCUT2D eigenvalue weighted by Crippen LogP contribution is -2.00. The first-order chi connectivity index (χ1) is 5.65. The number of hydrogen-bond donors (Lipinski definition) is 1. The molecule has 0 spiro atoms. The van der Waals surface area contributed by atoms with Crippen LogP contribution in [-0.2, 0) is 0 Å². The average Bonchev–Trinajstić information content (AvgIpc) is 2.04. The standard InChI is InChI=1S/C7H6F2N2O/c8-6(9)5-2-1-4(3-12)7(10)11-5/h1-3,6H,(H2,10,11). The highest BCUT2D eigenvalue weighted by Crippen LogP contribution is 2.18. The fourth-order valence-corrected chi connectivity index (χ4v) is 0.723. The summed E-state index contributed by atoms with van der Waals surface area (Å²) in [5.74, 6) is -0.164. The molecule has 0 radical (unpaired) electrons. The molecule has 0 bridgehead atoms. The highest BCUT2D eigenvalue weighted by atomic mass is 19.3. The zero-order valence-electron chi connectivity index (χ0n) is 6.00. The van der Waals surface area contributed by atoms with Crippen LogP contribution in [0.3, 0.4) is 0 Å². The molecule has 1 aromatic rings. The van der Waals surface area contributed by atoms with Crippen LogP contribution in [0.15, 0.2) is 12.1 Å². The Morgan fingerprint density at radius 2 is 2.17 bits per heavy atom. The summed E-state index contributed by atoms with van der Waals surface area (Å²) >= 11 is 0. The maximum absolute atomic E-state index is 12.0. The van der Waals surface area contributed by atoms with Gasteiger partial charge in [-0.2, -0.15) is 0 Å². The number of rotatable bonds is 2. The van der Waals surface area contributed by atoms with Crippen LogP contribution in [0, 0.1) is 0 Å². The van der Waals surface area contributed by atoms with Crippen molar-refractivity contribution >= 4 is 12.1 Å². The van der Waals surface area contributed by atoms with Crippen molar-refractivity contribution < 1.29 is 13.6 Å². The van der Waals surface area contributed by atoms with Crippen molar-refractivity contribution in [2.24, 2.45) is 0 Å². The Kier molecular flexibility index (Phi) is 2.32. The van der Waals surface area contributed by atoms with E-state index < -0.39 is 12.1 Å². The Bertz CT molecular complexity index is 301. The number of aromatic nitrogens is 1. The first-order valence-electron chi connectivity index (χ1n) is 3.15. The van der Waals surface area contributed by atoms with E-state index in [0.29, 0.717) is 6.29 Å². The van der Waals surface area contributed by atoms with Crippen LogP contribution in [0.5, 0.6) is 0 Å². The second kappa shape index (κ2) is 3.25. The highest BCUT2D eigenvalue weighted by Gasteiger charge is 2.10. The van der Waals surface area contributed by atoms with E-state index in [2.05, 4.69) is 4.98 Å². The van der Waals surface area contributed by atoms with Gasteiger partial charge in [-0.1, -0.05) is 0 Å². The van der Waals surface area contributed by atoms with Crippen molar-refractivity contribution in [3.8, 4) is 0 Å². The topological polar surface area (TPSA) is 56.0 Å². The molecule has 1 aromatic heterocycles. The summed E-state index contributed by atoms with van der Waals surface area (Å²) in [5, 5.41) is 0. The maximum atomic E-state index is 12.0. The van der Waals surface area contributed by atoms with Crippen LogP contribution in [-0.4, -0.2) is 11.3 Å². The third-order valence-corrected chi connectivity index (χ3v) is 1.33. The number of nitrogens with two attached hydrogens (primary N) is 1. The van der Waals surface area contributed by atoms with Crippen LogP contribution in [0.1, 0.15) is 22.5 Å². The van der Waals surface area contributed by atoms with E-state index in [1.54, 1.807) is 0 Å². The van der Waals surface area contributed by atoms with E-state index in [0.717, 1.165) is 6.07 Å². The van der Waals surface area contributed by atoms with Crippen LogP contribution in [0.2, 0.25) is 0 Å². The molecule has 0 atom stereocenters. The number of alkyl halides is 2. The summed E-state index contributed by atoms with van der Waals surface area (Å²) in [6.07, 6.45) is -2.19. The maximum Gasteiger partial charge on any atom is 0.280 e. The zero-order chi connectivity index (χ0) is 9.14. The van der Waals surface area contributed by atoms with Gasteiger partial charge in [0.05, 0.1) is 5.56 Å². The van der Waals surface area contributed by atoms with Crippen molar-refractivity contribution in [3.05, 3.63) is 23.4 Å². The molecule has 0 amide bonds. The number of anilines is 1. The predicted molar refractivity (Wildman–Crippen MR) is 39.0 cm³/mol. The summed E-state index contributed by atoms with van der Waals surface area (Å²) in [6, 6.07) is 2.29. The van der Waals surface area contributed by atoms with Crippen molar-refractivity contribution in [2.75, 3.05) is 5.73 Å². The third-order valence-electron chi connectivity index (χ3n) is 1.33. The van der Waals surface area contributed by atoms with E-state index in [1.165, 1.54) is 6.07 Å². The van der Waals surface area contributed by atoms with E-state index in [-0.39, 0.29) is 11.4 Å². The molecular formula is C7H6F2N2O. The fraction of sp³-hybridized carbons (Fsp3) is 0.143. The van der Waals surface area contributed by atoms with Crippen molar-refractivity contribution in [3.63, 3.8) is 0 Å². The normalized spacial score (nSPS) is 10.2. The van der Waals surface area contributed by atoms with Gasteiger partial charge in [0.1, 0.15) is 11.5 Å². The molecule has 0 aliphatic rings. The Labute approximate surface area is 67.2 Å². The smallest absolute Gasteiger partial charge is 0.280 e. The first-order valence-corrected chi connectivity index (χ1v) is 3.15. The van der Waals surface area contributed by atoms with Crippen molar-refractivity contribution in [2.45, 2.75) is 6.43 Å². The number of halogens is 2. The largest absolute Gasteiger partial charge is 0.383 e. The Morgan fingerprint density at radius 1 is 1.50 bits per heavy atom. The Balaban J connectivity index is 3.10. The van der Waals surface area contributed by atoms with Gasteiger partial charge < -0.3 is 5.73 Å². The molecule has 0 saturated carbocycles. The predicted octanol–water partition coefficient (Wildman–Crippen LogP) is 1.41. The number of aldehydes is 1. The highest BCUT2D eigenvalue weighted by molar-refractivity contribution is 5.81. The lowest BCUT2D eigenvalue weighted by molar-refractivity contribution is 0.112. The SMILES string of the molecule is Nc1nc(C(F)F)ccc1C=O. The number of nitrogens with zero attached hydrogens (tertiary/aromatic N) is 1. The van der Waals surface area contributed by atoms with Crippen molar-refractivity contribution in [1.29, 1.82) is 0 Å². The van der Waals surface area contributed by atoms with E-state index in [4.69, 9.17) is 5.73 Å². The molecule has 0 unspecified atom stereocenters. The molecule has 0 saturated heterocycles. The average molecular weight is 172 g/mol. The molecule has 0 fully saturated rings. The van der Waals surface area contributed by atoms with E-state index in [9.17, 15) is 13.6 Å². The van der Waals surface area contributed by atoms with Gasteiger partial charge in [0.15, 0.2) is 6.29 Å². The van der Waals surface area contributed by atoms with Gasteiger partial charge >= 0.3 is 0 Å². The fourth-order valence-electron chi connectivity index (χ4n) is 0.723. The number of carbonyl (C=O) groups excluding carboxylic acids is 1. The molecule has 3 nitrogen and oxygen atoms in total. The van der Waals surface area contributed by atoms with Crippen LogP contribution in [0.4, 0.5) is 14.6 Å². The minimum atomic E-state index is -2.66. The molecule has 0 aliphatic carbocycles. The molecule has 5 heteroatoms. The second-order valence-electron chi connectivity index (χ2n) is 2.13. The summed E-state index contributed by atoms with van der Waals surface area (Å²) < 4.78 is 24.0. The molecule has 12 heavy (non-hydrogen) atoms. The summed E-state index contributed by atoms with van der Waals surface area (Å²) in [4.78, 5) is 13.5. The molecule has 0 aliphatic heterocycles. The van der Waals surface area contributed by atoms with Crippen LogP contribution in [0.25, 0.3) is 0 Å². The molecular weight excluding hydrogens is 166 g/mol. The van der Waals surface area contributed by atoms with Gasteiger partial charge in [0.2, 0.25) is 0 Å². The van der Waals surface area contributed by atoms with Crippen LogP contribution < -0.4 is 5.73 Å². The Hall–Kier alpha value is -1.52. The summed E-state index contributed by atoms with van der Waals surface area (Å²) in [6.45, 7) is 0. The van der Waals surface area contributed by atoms with Gasteiger partial charge in [0, 0.05) is 0 Å². The third kappa shape index (κ3) is 1.55. The number of pyridine rings is 1. The number of hydrogen-bond acceptors (Lipinski definition) is 3. The Morgan fingerprint density at radius 3 is 2.58 bits per heavy atom. The van der Waals surface area contributed by atoms with E-state index in [1.807, 2.05) is 0 Å². The monoisotopic (exact) mass is 172 g/mol. The summed E-state index contributed by atoms with van der Waals surface area (Å²) in [5.41, 5.74) is 4.90. The first kappa shape index (κ1) is 8.58. The molecule has 1 heterocycles. The lowest BCUT2D eigenvalue weighted by atomic mass is 10.2. The quantitative estimate of drug-likeness (QED) is 0.686. The van der Waals surface area contributed by atoms with Gasteiger partial charge in [-0.05, 0) is 12.1 Å². The zero-order valence-corrected chi connectivity index (χ0v) is 6.00. The van der Waals surface area contributed by atoms with Gasteiger partial charge in [-0.25, -0.2) is 13.8 Å². The minimum absolute atomic E-state index is 0.124. The number of nitrogen functional groups attached to an aromatic ring is 1. The van der Waals surface area contributed by atoms with Crippen LogP contribution >= 0.6 is 0 Å². The van der Waals surface area contributed by atoms with Gasteiger partial charge in [-0.15, -0.1) is 0 Å².